The quantitative estimate of drug-likeness (QED) is 0.732. The van der Waals surface area contributed by atoms with E-state index in [1.54, 1.807) is 6.92 Å². The summed E-state index contributed by atoms with van der Waals surface area (Å²) < 4.78 is 10.6. The first kappa shape index (κ1) is 15.5. The summed E-state index contributed by atoms with van der Waals surface area (Å²) in [5.41, 5.74) is 1.26. The van der Waals surface area contributed by atoms with Gasteiger partial charge in [0.05, 0.1) is 6.61 Å². The minimum absolute atomic E-state index is 0.269. The van der Waals surface area contributed by atoms with Crippen molar-refractivity contribution in [2.45, 2.75) is 33.2 Å². The van der Waals surface area contributed by atoms with Gasteiger partial charge in [-0.2, -0.15) is 0 Å². The van der Waals surface area contributed by atoms with E-state index in [2.05, 4.69) is 12.2 Å². The Morgan fingerprint density at radius 1 is 1.21 bits per heavy atom. The molecule has 0 fully saturated rings. The zero-order valence-corrected chi connectivity index (χ0v) is 11.9. The molecule has 0 aliphatic carbocycles. The molecule has 1 rings (SSSR count). The SMILES string of the molecule is CCNC(COc1ccc(CC)cc1)C(=O)OCC. The summed E-state index contributed by atoms with van der Waals surface area (Å²) in [5, 5.41) is 3.06. The van der Waals surface area contributed by atoms with Crippen LogP contribution in [0, 0.1) is 0 Å². The number of likely N-dealkylation sites (N-methyl/N-ethyl adjacent to an activating group) is 1. The second-order valence-electron chi connectivity index (χ2n) is 4.17. The molecule has 0 saturated carbocycles. The van der Waals surface area contributed by atoms with Gasteiger partial charge in [-0.05, 0) is 37.6 Å². The number of hydrogen-bond donors (Lipinski definition) is 1. The van der Waals surface area contributed by atoms with Crippen LogP contribution in [0.4, 0.5) is 0 Å². The number of rotatable bonds is 8. The van der Waals surface area contributed by atoms with Crippen LogP contribution >= 0.6 is 0 Å². The average molecular weight is 265 g/mol. The largest absolute Gasteiger partial charge is 0.491 e. The second-order valence-corrected chi connectivity index (χ2v) is 4.17. The van der Waals surface area contributed by atoms with Gasteiger partial charge in [0.2, 0.25) is 0 Å². The van der Waals surface area contributed by atoms with Crippen molar-refractivity contribution in [2.24, 2.45) is 0 Å². The van der Waals surface area contributed by atoms with Crippen molar-refractivity contribution in [1.29, 1.82) is 0 Å². The molecule has 0 heterocycles. The lowest BCUT2D eigenvalue weighted by atomic mass is 10.2. The van der Waals surface area contributed by atoms with Crippen molar-refractivity contribution >= 4 is 5.97 Å². The van der Waals surface area contributed by atoms with Crippen LogP contribution in [0.15, 0.2) is 24.3 Å². The van der Waals surface area contributed by atoms with Gasteiger partial charge >= 0.3 is 5.97 Å². The highest BCUT2D eigenvalue weighted by molar-refractivity contribution is 5.76. The molecule has 1 aromatic rings. The molecular formula is C15H23NO3. The van der Waals surface area contributed by atoms with Gasteiger partial charge in [-0.1, -0.05) is 26.0 Å². The van der Waals surface area contributed by atoms with Gasteiger partial charge in [-0.3, -0.25) is 4.79 Å². The number of carbonyl (C=O) groups excluding carboxylic acids is 1. The van der Waals surface area contributed by atoms with Crippen LogP contribution in [-0.4, -0.2) is 31.8 Å². The minimum Gasteiger partial charge on any atom is -0.491 e. The third-order valence-electron chi connectivity index (χ3n) is 2.77. The lowest BCUT2D eigenvalue weighted by Crippen LogP contribution is -2.42. The Hall–Kier alpha value is -1.55. The molecule has 0 amide bonds. The fourth-order valence-electron chi connectivity index (χ4n) is 1.70. The average Bonchev–Trinajstić information content (AvgIpc) is 2.44. The van der Waals surface area contributed by atoms with Crippen LogP contribution in [0.5, 0.6) is 5.75 Å². The zero-order valence-electron chi connectivity index (χ0n) is 11.9. The Kier molecular flexibility index (Phi) is 6.97. The highest BCUT2D eigenvalue weighted by atomic mass is 16.5. The first-order valence-corrected chi connectivity index (χ1v) is 6.83. The van der Waals surface area contributed by atoms with E-state index < -0.39 is 6.04 Å². The summed E-state index contributed by atoms with van der Waals surface area (Å²) in [5.74, 6) is 0.499. The van der Waals surface area contributed by atoms with Crippen LogP contribution in [0.1, 0.15) is 26.3 Å². The molecule has 4 nitrogen and oxygen atoms in total. The molecule has 0 spiro atoms. The Labute approximate surface area is 115 Å². The first-order chi connectivity index (χ1) is 9.21. The predicted molar refractivity (Wildman–Crippen MR) is 75.4 cm³/mol. The fourth-order valence-corrected chi connectivity index (χ4v) is 1.70. The number of hydrogen-bond acceptors (Lipinski definition) is 4. The molecule has 0 bridgehead atoms. The fraction of sp³-hybridized carbons (Fsp3) is 0.533. The minimum atomic E-state index is -0.421. The van der Waals surface area contributed by atoms with Gasteiger partial charge < -0.3 is 14.8 Å². The summed E-state index contributed by atoms with van der Waals surface area (Å²) in [6, 6.07) is 7.49. The summed E-state index contributed by atoms with van der Waals surface area (Å²) in [6.45, 7) is 7.21. The van der Waals surface area contributed by atoms with E-state index in [1.165, 1.54) is 5.56 Å². The summed E-state index contributed by atoms with van der Waals surface area (Å²) in [4.78, 5) is 11.7. The van der Waals surface area contributed by atoms with E-state index in [9.17, 15) is 4.79 Å². The molecule has 1 unspecified atom stereocenters. The summed E-state index contributed by atoms with van der Waals surface area (Å²) in [6.07, 6.45) is 1.00. The van der Waals surface area contributed by atoms with Crippen LogP contribution in [0.3, 0.4) is 0 Å². The van der Waals surface area contributed by atoms with Crippen molar-refractivity contribution < 1.29 is 14.3 Å². The smallest absolute Gasteiger partial charge is 0.326 e. The maximum absolute atomic E-state index is 11.7. The van der Waals surface area contributed by atoms with E-state index in [4.69, 9.17) is 9.47 Å². The summed E-state index contributed by atoms with van der Waals surface area (Å²) >= 11 is 0. The molecule has 1 atom stereocenters. The maximum atomic E-state index is 11.7. The molecule has 106 valence electrons. The number of benzene rings is 1. The molecule has 0 aromatic heterocycles. The molecule has 4 heteroatoms. The summed E-state index contributed by atoms with van der Waals surface area (Å²) in [7, 11) is 0. The van der Waals surface area contributed by atoms with Gasteiger partial charge in [-0.25, -0.2) is 0 Å². The lowest BCUT2D eigenvalue weighted by molar-refractivity contribution is -0.146. The van der Waals surface area contributed by atoms with Crippen molar-refractivity contribution in [1.82, 2.24) is 5.32 Å². The van der Waals surface area contributed by atoms with Crippen molar-refractivity contribution in [3.8, 4) is 5.75 Å². The van der Waals surface area contributed by atoms with Crippen LogP contribution in [0.2, 0.25) is 0 Å². The van der Waals surface area contributed by atoms with Gasteiger partial charge in [0.15, 0.2) is 0 Å². The Bertz CT molecular complexity index is 375. The van der Waals surface area contributed by atoms with E-state index in [-0.39, 0.29) is 12.6 Å². The number of ether oxygens (including phenoxy) is 2. The normalized spacial score (nSPS) is 11.9. The molecule has 1 aromatic carbocycles. The third kappa shape index (κ3) is 5.30. The molecule has 0 saturated heterocycles. The predicted octanol–water partition coefficient (Wildman–Crippen LogP) is 2.17. The van der Waals surface area contributed by atoms with Gasteiger partial charge in [0.1, 0.15) is 18.4 Å². The van der Waals surface area contributed by atoms with Gasteiger partial charge in [0.25, 0.3) is 0 Å². The number of carbonyl (C=O) groups is 1. The standard InChI is InChI=1S/C15H23NO3/c1-4-12-7-9-13(10-8-12)19-11-14(16-5-2)15(17)18-6-3/h7-10,14,16H,4-6,11H2,1-3H3. The van der Waals surface area contributed by atoms with E-state index in [0.29, 0.717) is 13.2 Å². The first-order valence-electron chi connectivity index (χ1n) is 6.83. The van der Waals surface area contributed by atoms with Crippen LogP contribution < -0.4 is 10.1 Å². The second kappa shape index (κ2) is 8.53. The number of nitrogens with one attached hydrogen (secondary N) is 1. The molecule has 19 heavy (non-hydrogen) atoms. The van der Waals surface area contributed by atoms with Crippen molar-refractivity contribution in [3.05, 3.63) is 29.8 Å². The Balaban J connectivity index is 2.52. The Morgan fingerprint density at radius 2 is 1.89 bits per heavy atom. The third-order valence-corrected chi connectivity index (χ3v) is 2.77. The highest BCUT2D eigenvalue weighted by Gasteiger charge is 2.19. The number of aryl methyl sites for hydroxylation is 1. The van der Waals surface area contributed by atoms with Crippen LogP contribution in [-0.2, 0) is 16.0 Å². The van der Waals surface area contributed by atoms with E-state index in [0.717, 1.165) is 12.2 Å². The maximum Gasteiger partial charge on any atom is 0.326 e. The van der Waals surface area contributed by atoms with Crippen molar-refractivity contribution in [3.63, 3.8) is 0 Å². The molecular weight excluding hydrogens is 242 g/mol. The van der Waals surface area contributed by atoms with E-state index in [1.807, 2.05) is 31.2 Å². The zero-order chi connectivity index (χ0) is 14.1. The Morgan fingerprint density at radius 3 is 2.42 bits per heavy atom. The van der Waals surface area contributed by atoms with Crippen LogP contribution in [0.25, 0.3) is 0 Å². The highest BCUT2D eigenvalue weighted by Crippen LogP contribution is 2.12. The van der Waals surface area contributed by atoms with Crippen molar-refractivity contribution in [2.75, 3.05) is 19.8 Å². The van der Waals surface area contributed by atoms with Gasteiger partial charge in [-0.15, -0.1) is 0 Å². The molecule has 0 aliphatic rings. The molecule has 0 radical (unpaired) electrons. The van der Waals surface area contributed by atoms with Gasteiger partial charge in [0, 0.05) is 0 Å². The lowest BCUT2D eigenvalue weighted by Gasteiger charge is -2.17. The topological polar surface area (TPSA) is 47.6 Å². The monoisotopic (exact) mass is 265 g/mol. The number of esters is 1. The molecule has 0 aliphatic heterocycles. The van der Waals surface area contributed by atoms with E-state index >= 15 is 0 Å². The molecule has 1 N–H and O–H groups in total.